The SMILES string of the molecule is CCNC(=NCc1ccc(OCC)c(F)c1)NCC(C)(O)c1cc(C)oc1C. The molecule has 0 aliphatic rings. The summed E-state index contributed by atoms with van der Waals surface area (Å²) in [7, 11) is 0. The fraction of sp³-hybridized carbons (Fsp3) is 0.476. The third kappa shape index (κ3) is 5.73. The monoisotopic (exact) mass is 391 g/mol. The van der Waals surface area contributed by atoms with Gasteiger partial charge >= 0.3 is 0 Å². The number of nitrogens with one attached hydrogen (secondary N) is 2. The lowest BCUT2D eigenvalue weighted by atomic mass is 9.96. The summed E-state index contributed by atoms with van der Waals surface area (Å²) in [6, 6.07) is 6.66. The first-order valence-electron chi connectivity index (χ1n) is 9.50. The molecule has 1 aromatic carbocycles. The molecule has 2 aromatic rings. The topological polar surface area (TPSA) is 79.0 Å². The number of nitrogens with zero attached hydrogens (tertiary/aromatic N) is 1. The van der Waals surface area contributed by atoms with Crippen molar-refractivity contribution in [3.8, 4) is 5.75 Å². The minimum atomic E-state index is -1.12. The van der Waals surface area contributed by atoms with E-state index in [-0.39, 0.29) is 12.3 Å². The summed E-state index contributed by atoms with van der Waals surface area (Å²) in [4.78, 5) is 4.48. The van der Waals surface area contributed by atoms with Crippen molar-refractivity contribution < 1.29 is 18.7 Å². The number of hydrogen-bond donors (Lipinski definition) is 3. The van der Waals surface area contributed by atoms with Crippen LogP contribution in [0.1, 0.15) is 43.4 Å². The molecule has 7 heteroatoms. The Morgan fingerprint density at radius 2 is 2.00 bits per heavy atom. The van der Waals surface area contributed by atoms with Gasteiger partial charge in [-0.15, -0.1) is 0 Å². The van der Waals surface area contributed by atoms with E-state index >= 15 is 0 Å². The summed E-state index contributed by atoms with van der Waals surface area (Å²) >= 11 is 0. The normalized spacial score (nSPS) is 13.9. The molecule has 0 aliphatic heterocycles. The fourth-order valence-corrected chi connectivity index (χ4v) is 2.94. The van der Waals surface area contributed by atoms with Gasteiger partial charge in [-0.1, -0.05) is 6.07 Å². The van der Waals surface area contributed by atoms with Crippen LogP contribution < -0.4 is 15.4 Å². The van der Waals surface area contributed by atoms with Gasteiger partial charge in [-0.3, -0.25) is 0 Å². The lowest BCUT2D eigenvalue weighted by molar-refractivity contribution is 0.0601. The number of ether oxygens (including phenoxy) is 1. The molecule has 2 rings (SSSR count). The standard InChI is InChI=1S/C21H30FN3O3/c1-6-23-20(24-12-16-8-9-19(27-7-2)18(22)11-16)25-13-21(5,26)17-10-14(3)28-15(17)4/h8-11,26H,6-7,12-13H2,1-5H3,(H2,23,24,25). The summed E-state index contributed by atoms with van der Waals surface area (Å²) in [5.41, 5.74) is 0.344. The molecule has 3 N–H and O–H groups in total. The maximum absolute atomic E-state index is 14.0. The number of halogens is 1. The van der Waals surface area contributed by atoms with Crippen LogP contribution in [0.25, 0.3) is 0 Å². The van der Waals surface area contributed by atoms with Gasteiger partial charge in [0.05, 0.1) is 19.7 Å². The van der Waals surface area contributed by atoms with Crippen molar-refractivity contribution in [2.75, 3.05) is 19.7 Å². The van der Waals surface area contributed by atoms with E-state index in [1.165, 1.54) is 6.07 Å². The zero-order valence-electron chi connectivity index (χ0n) is 17.2. The van der Waals surface area contributed by atoms with Crippen molar-refractivity contribution >= 4 is 5.96 Å². The van der Waals surface area contributed by atoms with Crippen molar-refractivity contribution in [1.82, 2.24) is 10.6 Å². The first-order chi connectivity index (χ1) is 13.3. The van der Waals surface area contributed by atoms with Gasteiger partial charge in [0.25, 0.3) is 0 Å². The molecule has 0 saturated carbocycles. The molecule has 1 unspecified atom stereocenters. The number of hydrogen-bond acceptors (Lipinski definition) is 4. The molecule has 1 aromatic heterocycles. The minimum absolute atomic E-state index is 0.238. The van der Waals surface area contributed by atoms with Gasteiger partial charge < -0.3 is 24.9 Å². The Bertz CT molecular complexity index is 815. The molecule has 6 nitrogen and oxygen atoms in total. The largest absolute Gasteiger partial charge is 0.491 e. The predicted molar refractivity (Wildman–Crippen MR) is 108 cm³/mol. The molecule has 0 bridgehead atoms. The Morgan fingerprint density at radius 1 is 1.25 bits per heavy atom. The fourth-order valence-electron chi connectivity index (χ4n) is 2.94. The number of furan rings is 1. The highest BCUT2D eigenvalue weighted by Crippen LogP contribution is 2.26. The van der Waals surface area contributed by atoms with Gasteiger partial charge in [-0.25, -0.2) is 9.38 Å². The Balaban J connectivity index is 2.06. The van der Waals surface area contributed by atoms with Crippen molar-refractivity contribution in [1.29, 1.82) is 0 Å². The third-order valence-corrected chi connectivity index (χ3v) is 4.28. The lowest BCUT2D eigenvalue weighted by Gasteiger charge is -2.24. The second-order valence-corrected chi connectivity index (χ2v) is 6.85. The molecule has 0 saturated heterocycles. The van der Waals surface area contributed by atoms with Crippen LogP contribution in [0.15, 0.2) is 33.7 Å². The van der Waals surface area contributed by atoms with E-state index in [1.54, 1.807) is 19.1 Å². The average molecular weight is 391 g/mol. The van der Waals surface area contributed by atoms with Crippen molar-refractivity contribution in [2.45, 2.75) is 46.8 Å². The molecule has 0 spiro atoms. The van der Waals surface area contributed by atoms with E-state index in [9.17, 15) is 9.50 Å². The zero-order valence-corrected chi connectivity index (χ0v) is 17.2. The molecule has 0 amide bonds. The smallest absolute Gasteiger partial charge is 0.191 e. The highest BCUT2D eigenvalue weighted by molar-refractivity contribution is 5.79. The van der Waals surface area contributed by atoms with Crippen LogP contribution in [0, 0.1) is 19.7 Å². The Kier molecular flexibility index (Phi) is 7.45. The second kappa shape index (κ2) is 9.59. The van der Waals surface area contributed by atoms with E-state index < -0.39 is 11.4 Å². The summed E-state index contributed by atoms with van der Waals surface area (Å²) in [6.45, 7) is 10.8. The maximum atomic E-state index is 14.0. The summed E-state index contributed by atoms with van der Waals surface area (Å²) in [5.74, 6) is 1.82. The number of guanidine groups is 1. The van der Waals surface area contributed by atoms with Crippen LogP contribution >= 0.6 is 0 Å². The Labute approximate surface area is 165 Å². The molecular weight excluding hydrogens is 361 g/mol. The van der Waals surface area contributed by atoms with Gasteiger partial charge in [0, 0.05) is 12.1 Å². The molecule has 154 valence electrons. The molecule has 1 heterocycles. The minimum Gasteiger partial charge on any atom is -0.491 e. The van der Waals surface area contributed by atoms with Crippen LogP contribution in [-0.4, -0.2) is 30.8 Å². The number of aliphatic hydroxyl groups is 1. The predicted octanol–water partition coefficient (Wildman–Crippen LogP) is 3.40. The summed E-state index contributed by atoms with van der Waals surface area (Å²) in [5, 5.41) is 17.1. The highest BCUT2D eigenvalue weighted by atomic mass is 19.1. The Hall–Kier alpha value is -2.54. The first kappa shape index (κ1) is 21.8. The van der Waals surface area contributed by atoms with E-state index in [0.717, 1.165) is 16.9 Å². The molecule has 0 aliphatic carbocycles. The van der Waals surface area contributed by atoms with Crippen molar-refractivity contribution in [3.05, 3.63) is 52.7 Å². The molecular formula is C21H30FN3O3. The number of aryl methyl sites for hydroxylation is 2. The van der Waals surface area contributed by atoms with Gasteiger partial charge in [0.15, 0.2) is 17.5 Å². The van der Waals surface area contributed by atoms with Crippen molar-refractivity contribution in [3.63, 3.8) is 0 Å². The van der Waals surface area contributed by atoms with Gasteiger partial charge in [0.2, 0.25) is 0 Å². The summed E-state index contributed by atoms with van der Waals surface area (Å²) < 4.78 is 24.7. The van der Waals surface area contributed by atoms with Gasteiger partial charge in [0.1, 0.15) is 17.1 Å². The van der Waals surface area contributed by atoms with E-state index in [2.05, 4.69) is 15.6 Å². The van der Waals surface area contributed by atoms with Crippen LogP contribution in [0.4, 0.5) is 4.39 Å². The van der Waals surface area contributed by atoms with Crippen molar-refractivity contribution in [2.24, 2.45) is 4.99 Å². The van der Waals surface area contributed by atoms with Gasteiger partial charge in [-0.2, -0.15) is 0 Å². The number of rotatable bonds is 8. The highest BCUT2D eigenvalue weighted by Gasteiger charge is 2.27. The van der Waals surface area contributed by atoms with E-state index in [0.29, 0.717) is 31.4 Å². The number of aliphatic imine (C=N–C) groups is 1. The average Bonchev–Trinajstić information content (AvgIpc) is 2.99. The molecule has 0 fully saturated rings. The third-order valence-electron chi connectivity index (χ3n) is 4.28. The quantitative estimate of drug-likeness (QED) is 0.475. The van der Waals surface area contributed by atoms with Crippen LogP contribution in [0.3, 0.4) is 0 Å². The molecule has 0 radical (unpaired) electrons. The van der Waals surface area contributed by atoms with E-state index in [1.807, 2.05) is 33.8 Å². The van der Waals surface area contributed by atoms with Crippen LogP contribution in [0.2, 0.25) is 0 Å². The van der Waals surface area contributed by atoms with E-state index in [4.69, 9.17) is 9.15 Å². The maximum Gasteiger partial charge on any atom is 0.191 e. The second-order valence-electron chi connectivity index (χ2n) is 6.85. The zero-order chi connectivity index (χ0) is 20.7. The molecule has 1 atom stereocenters. The van der Waals surface area contributed by atoms with Gasteiger partial charge in [-0.05, 0) is 58.4 Å². The first-order valence-corrected chi connectivity index (χ1v) is 9.50. The van der Waals surface area contributed by atoms with Crippen LogP contribution in [0.5, 0.6) is 5.75 Å². The van der Waals surface area contributed by atoms with Crippen LogP contribution in [-0.2, 0) is 12.1 Å². The summed E-state index contributed by atoms with van der Waals surface area (Å²) in [6.07, 6.45) is 0. The molecule has 28 heavy (non-hydrogen) atoms. The number of benzene rings is 1. The lowest BCUT2D eigenvalue weighted by Crippen LogP contribution is -2.44. The Morgan fingerprint density at radius 3 is 2.57 bits per heavy atom.